The summed E-state index contributed by atoms with van der Waals surface area (Å²) in [6.45, 7) is 4.90. The van der Waals surface area contributed by atoms with Crippen LogP contribution in [-0.4, -0.2) is 31.0 Å². The van der Waals surface area contributed by atoms with E-state index in [0.717, 1.165) is 11.3 Å². The van der Waals surface area contributed by atoms with E-state index in [2.05, 4.69) is 15.3 Å². The molecule has 2 aromatic heterocycles. The number of nitrogens with zero attached hydrogens (tertiary/aromatic N) is 3. The maximum atomic E-state index is 13.4. The van der Waals surface area contributed by atoms with Gasteiger partial charge in [-0.3, -0.25) is 19.1 Å². The fourth-order valence-electron chi connectivity index (χ4n) is 3.45. The van der Waals surface area contributed by atoms with Crippen LogP contribution in [0, 0.1) is 6.92 Å². The Balaban J connectivity index is 1.61. The first-order valence-electron chi connectivity index (χ1n) is 11.6. The number of benzene rings is 2. The van der Waals surface area contributed by atoms with Crippen LogP contribution >= 0.6 is 11.6 Å². The molecule has 8 nitrogen and oxygen atoms in total. The first kappa shape index (κ1) is 26.1. The van der Waals surface area contributed by atoms with Gasteiger partial charge in [-0.15, -0.1) is 0 Å². The first-order chi connectivity index (χ1) is 17.6. The maximum Gasteiger partial charge on any atom is 0.258 e. The van der Waals surface area contributed by atoms with Crippen molar-refractivity contribution in [3.05, 3.63) is 105 Å². The van der Waals surface area contributed by atoms with Crippen molar-refractivity contribution in [3.63, 3.8) is 0 Å². The zero-order valence-electron chi connectivity index (χ0n) is 20.7. The van der Waals surface area contributed by atoms with E-state index in [4.69, 9.17) is 16.3 Å². The minimum atomic E-state index is -1.55. The van der Waals surface area contributed by atoms with Gasteiger partial charge in [0.1, 0.15) is 17.1 Å². The molecule has 0 saturated heterocycles. The number of pyridine rings is 1. The largest absolute Gasteiger partial charge is 0.456 e. The molecule has 0 amide bonds. The number of carbonyl (C=O) groups excluding carboxylic acids is 1. The highest BCUT2D eigenvalue weighted by atomic mass is 35.5. The predicted octanol–water partition coefficient (Wildman–Crippen LogP) is 5.07. The number of nitrogens with one attached hydrogen (secondary N) is 1. The van der Waals surface area contributed by atoms with Crippen LogP contribution < -0.4 is 15.6 Å². The molecule has 4 rings (SSSR count). The third-order valence-electron chi connectivity index (χ3n) is 5.64. The molecule has 0 aliphatic carbocycles. The van der Waals surface area contributed by atoms with E-state index in [1.807, 2.05) is 43.3 Å². The van der Waals surface area contributed by atoms with Crippen LogP contribution in [0.4, 0.5) is 11.6 Å². The van der Waals surface area contributed by atoms with Gasteiger partial charge in [0, 0.05) is 34.6 Å². The van der Waals surface area contributed by atoms with Crippen LogP contribution in [0.1, 0.15) is 30.7 Å². The molecule has 9 heteroatoms. The quantitative estimate of drug-likeness (QED) is 0.318. The van der Waals surface area contributed by atoms with Crippen molar-refractivity contribution >= 4 is 29.0 Å². The van der Waals surface area contributed by atoms with Crippen molar-refractivity contribution in [2.45, 2.75) is 39.3 Å². The van der Waals surface area contributed by atoms with Crippen LogP contribution in [0.5, 0.6) is 11.5 Å². The van der Waals surface area contributed by atoms with Gasteiger partial charge in [0.25, 0.3) is 5.56 Å². The summed E-state index contributed by atoms with van der Waals surface area (Å²) in [6, 6.07) is 18.0. The summed E-state index contributed by atoms with van der Waals surface area (Å²) in [7, 11) is 0. The van der Waals surface area contributed by atoms with Crippen molar-refractivity contribution in [3.8, 4) is 11.5 Å². The second kappa shape index (κ2) is 10.9. The molecule has 2 N–H and O–H groups in total. The average Bonchev–Trinajstić information content (AvgIpc) is 2.86. The van der Waals surface area contributed by atoms with E-state index in [9.17, 15) is 14.7 Å². The van der Waals surface area contributed by atoms with Gasteiger partial charge in [-0.25, -0.2) is 4.98 Å². The molecule has 0 bridgehead atoms. The van der Waals surface area contributed by atoms with Crippen molar-refractivity contribution < 1.29 is 14.6 Å². The number of aromatic nitrogens is 3. The molecule has 37 heavy (non-hydrogen) atoms. The fraction of sp³-hybridized carbons (Fsp3) is 0.214. The zero-order valence-corrected chi connectivity index (χ0v) is 21.5. The molecule has 0 spiro atoms. The molecular formula is C28H27ClN4O4. The van der Waals surface area contributed by atoms with Gasteiger partial charge in [-0.2, -0.15) is 0 Å². The number of carbonyl (C=O) groups is 1. The highest BCUT2D eigenvalue weighted by molar-refractivity contribution is 6.30. The SMILES string of the molecule is Cc1ccc(Oc2ccc(Nc3ncc(CC(=O)C(C)(C)O)c(=O)n3Cc3ccc(Cl)cc3)cc2)cn1. The number of ketones is 1. The lowest BCUT2D eigenvalue weighted by Crippen LogP contribution is -2.35. The third kappa shape index (κ3) is 6.81. The first-order valence-corrected chi connectivity index (χ1v) is 12.0. The van der Waals surface area contributed by atoms with Gasteiger partial charge in [0.15, 0.2) is 5.78 Å². The second-order valence-corrected chi connectivity index (χ2v) is 9.61. The second-order valence-electron chi connectivity index (χ2n) is 9.17. The lowest BCUT2D eigenvalue weighted by molar-refractivity contribution is -0.133. The summed E-state index contributed by atoms with van der Waals surface area (Å²) < 4.78 is 7.28. The van der Waals surface area contributed by atoms with Gasteiger partial charge in [-0.05, 0) is 74.9 Å². The molecule has 0 aliphatic heterocycles. The summed E-state index contributed by atoms with van der Waals surface area (Å²) in [4.78, 5) is 34.4. The number of Topliss-reactive ketones (excluding diaryl/α,β-unsaturated/α-hetero) is 1. The lowest BCUT2D eigenvalue weighted by atomic mass is 9.98. The zero-order chi connectivity index (χ0) is 26.6. The van der Waals surface area contributed by atoms with Crippen LogP contribution in [0.3, 0.4) is 0 Å². The van der Waals surface area contributed by atoms with Crippen molar-refractivity contribution in [2.75, 3.05) is 5.32 Å². The van der Waals surface area contributed by atoms with Crippen LogP contribution in [0.2, 0.25) is 5.02 Å². The number of rotatable bonds is 9. The highest BCUT2D eigenvalue weighted by Gasteiger charge is 2.25. The van der Waals surface area contributed by atoms with Gasteiger partial charge in [-0.1, -0.05) is 23.7 Å². The number of hydrogen-bond acceptors (Lipinski definition) is 7. The Morgan fingerprint density at radius 3 is 2.30 bits per heavy atom. The summed E-state index contributed by atoms with van der Waals surface area (Å²) in [5.74, 6) is 1.09. The normalized spacial score (nSPS) is 11.3. The van der Waals surface area contributed by atoms with E-state index in [0.29, 0.717) is 28.2 Å². The number of anilines is 2. The minimum Gasteiger partial charge on any atom is -0.456 e. The summed E-state index contributed by atoms with van der Waals surface area (Å²) in [6.07, 6.45) is 2.80. The van der Waals surface area contributed by atoms with Crippen LogP contribution in [-0.2, 0) is 17.8 Å². The fourth-order valence-corrected chi connectivity index (χ4v) is 3.57. The summed E-state index contributed by atoms with van der Waals surface area (Å²) in [5, 5.41) is 13.8. The van der Waals surface area contributed by atoms with Gasteiger partial charge in [0.2, 0.25) is 5.95 Å². The summed E-state index contributed by atoms with van der Waals surface area (Å²) >= 11 is 6.01. The van der Waals surface area contributed by atoms with Gasteiger partial charge >= 0.3 is 0 Å². The molecule has 2 aromatic carbocycles. The molecule has 0 unspecified atom stereocenters. The van der Waals surface area contributed by atoms with Crippen LogP contribution in [0.15, 0.2) is 77.9 Å². The highest BCUT2D eigenvalue weighted by Crippen LogP contribution is 2.24. The van der Waals surface area contributed by atoms with E-state index in [1.165, 1.54) is 24.6 Å². The Morgan fingerprint density at radius 2 is 1.68 bits per heavy atom. The average molecular weight is 519 g/mol. The van der Waals surface area contributed by atoms with Crippen molar-refractivity contribution in [2.24, 2.45) is 0 Å². The smallest absolute Gasteiger partial charge is 0.258 e. The topological polar surface area (TPSA) is 106 Å². The monoisotopic (exact) mass is 518 g/mol. The Labute approximate surface area is 219 Å². The molecule has 0 atom stereocenters. The third-order valence-corrected chi connectivity index (χ3v) is 5.89. The number of hydrogen-bond donors (Lipinski definition) is 2. The van der Waals surface area contributed by atoms with Crippen molar-refractivity contribution in [1.29, 1.82) is 0 Å². The van der Waals surface area contributed by atoms with E-state index in [1.54, 1.807) is 30.5 Å². The standard InChI is InChI=1S/C28H27ClN4O4/c1-18-4-11-24(16-30-18)37-23-12-9-22(10-13-23)32-27-31-15-20(14-25(34)28(2,3)36)26(35)33(27)17-19-5-7-21(29)8-6-19/h4-13,15-16,36H,14,17H2,1-3H3,(H,31,32). The Bertz CT molecular complexity index is 1440. The molecule has 0 fully saturated rings. The molecule has 0 saturated carbocycles. The molecule has 0 radical (unpaired) electrons. The molecule has 2 heterocycles. The van der Waals surface area contributed by atoms with E-state index >= 15 is 0 Å². The number of ether oxygens (including phenoxy) is 1. The van der Waals surface area contributed by atoms with Crippen molar-refractivity contribution in [1.82, 2.24) is 14.5 Å². The van der Waals surface area contributed by atoms with Crippen LogP contribution in [0.25, 0.3) is 0 Å². The lowest BCUT2D eigenvalue weighted by Gasteiger charge is -2.18. The molecule has 190 valence electrons. The number of halogens is 1. The van der Waals surface area contributed by atoms with E-state index in [-0.39, 0.29) is 24.1 Å². The van der Waals surface area contributed by atoms with Gasteiger partial charge in [0.05, 0.1) is 12.7 Å². The molecule has 0 aliphatic rings. The number of aliphatic hydroxyl groups is 1. The summed E-state index contributed by atoms with van der Waals surface area (Å²) in [5.41, 5.74) is 0.686. The minimum absolute atomic E-state index is 0.196. The number of aryl methyl sites for hydroxylation is 1. The Kier molecular flexibility index (Phi) is 7.71. The van der Waals surface area contributed by atoms with E-state index < -0.39 is 11.4 Å². The van der Waals surface area contributed by atoms with Gasteiger partial charge < -0.3 is 15.2 Å². The predicted molar refractivity (Wildman–Crippen MR) is 143 cm³/mol. The molecule has 4 aromatic rings. The Morgan fingerprint density at radius 1 is 1.00 bits per heavy atom. The molecular weight excluding hydrogens is 492 g/mol. The Hall–Kier alpha value is -4.01. The maximum absolute atomic E-state index is 13.4.